The number of hydrogen-bond donors (Lipinski definition) is 3. The van der Waals surface area contributed by atoms with Gasteiger partial charge in [-0.05, 0) is 47.5 Å². The molecule has 0 radical (unpaired) electrons. The number of aromatic nitrogens is 2. The number of carbonyl (C=O) groups is 1. The fourth-order valence-corrected chi connectivity index (χ4v) is 3.45. The molecule has 0 saturated heterocycles. The molecule has 0 aliphatic rings. The summed E-state index contributed by atoms with van der Waals surface area (Å²) in [5.74, 6) is 0.0785. The van der Waals surface area contributed by atoms with Gasteiger partial charge < -0.3 is 10.1 Å². The van der Waals surface area contributed by atoms with Gasteiger partial charge >= 0.3 is 5.69 Å². The van der Waals surface area contributed by atoms with Crippen LogP contribution in [0.4, 0.5) is 23.0 Å². The van der Waals surface area contributed by atoms with Crippen LogP contribution >= 0.6 is 0 Å². The maximum atomic E-state index is 12.8. The minimum Gasteiger partial charge on any atom is -0.494 e. The second-order valence-electron chi connectivity index (χ2n) is 7.63. The second-order valence-corrected chi connectivity index (χ2v) is 7.63. The molecule has 178 valence electrons. The third kappa shape index (κ3) is 5.61. The first-order chi connectivity index (χ1) is 17.1. The van der Waals surface area contributed by atoms with Gasteiger partial charge in [-0.2, -0.15) is 0 Å². The number of anilines is 3. The number of ether oxygens (including phenoxy) is 1. The quantitative estimate of drug-likeness (QED) is 0.163. The zero-order valence-electron chi connectivity index (χ0n) is 19.0. The minimum absolute atomic E-state index is 0.0217. The van der Waals surface area contributed by atoms with Crippen LogP contribution in [0.2, 0.25) is 0 Å². The zero-order chi connectivity index (χ0) is 24.6. The predicted octanol–water partition coefficient (Wildman–Crippen LogP) is 5.22. The van der Waals surface area contributed by atoms with Gasteiger partial charge in [0.2, 0.25) is 11.6 Å². The number of hydrogen-bond acceptors (Lipinski definition) is 8. The smallest absolute Gasteiger partial charge is 0.355 e. The lowest BCUT2D eigenvalue weighted by Gasteiger charge is -2.12. The van der Waals surface area contributed by atoms with E-state index < -0.39 is 16.5 Å². The molecule has 0 bridgehead atoms. The molecular weight excluding hydrogens is 448 g/mol. The molecular formula is C25H24N6O4. The van der Waals surface area contributed by atoms with Crippen LogP contribution in [0.5, 0.6) is 5.75 Å². The Hall–Kier alpha value is -4.73. The molecule has 3 aromatic carbocycles. The molecule has 1 aromatic heterocycles. The molecule has 0 saturated carbocycles. The van der Waals surface area contributed by atoms with E-state index in [2.05, 4.69) is 33.1 Å². The maximum absolute atomic E-state index is 12.8. The van der Waals surface area contributed by atoms with Crippen LogP contribution in [0, 0.1) is 10.1 Å². The van der Waals surface area contributed by atoms with E-state index in [-0.39, 0.29) is 11.6 Å². The molecule has 1 amide bonds. The SMILES string of the molecule is CCCCOc1ccc(Nc2ncnc(NNC(=O)c3cccc4ccccc34)c2[N+](=O)[O-])cc1. The van der Waals surface area contributed by atoms with Gasteiger partial charge in [0, 0.05) is 11.3 Å². The predicted molar refractivity (Wildman–Crippen MR) is 134 cm³/mol. The van der Waals surface area contributed by atoms with E-state index in [0.717, 1.165) is 23.6 Å². The molecule has 0 aliphatic carbocycles. The van der Waals surface area contributed by atoms with E-state index >= 15 is 0 Å². The molecule has 4 rings (SSSR count). The molecule has 4 aromatic rings. The van der Waals surface area contributed by atoms with Gasteiger partial charge in [0.25, 0.3) is 5.91 Å². The highest BCUT2D eigenvalue weighted by atomic mass is 16.6. The first kappa shape index (κ1) is 23.4. The summed E-state index contributed by atoms with van der Waals surface area (Å²) in [5.41, 5.74) is 5.67. The van der Waals surface area contributed by atoms with Gasteiger partial charge in [-0.1, -0.05) is 49.7 Å². The number of fused-ring (bicyclic) bond motifs is 1. The monoisotopic (exact) mass is 472 g/mol. The molecule has 0 spiro atoms. The van der Waals surface area contributed by atoms with Gasteiger partial charge in [0.15, 0.2) is 0 Å². The lowest BCUT2D eigenvalue weighted by atomic mass is 10.0. The van der Waals surface area contributed by atoms with Crippen LogP contribution in [-0.2, 0) is 0 Å². The van der Waals surface area contributed by atoms with Crippen LogP contribution in [-0.4, -0.2) is 27.4 Å². The molecule has 10 nitrogen and oxygen atoms in total. The van der Waals surface area contributed by atoms with Crippen molar-refractivity contribution in [1.82, 2.24) is 15.4 Å². The number of amides is 1. The molecule has 3 N–H and O–H groups in total. The summed E-state index contributed by atoms with van der Waals surface area (Å²) in [5, 5.41) is 16.4. The summed E-state index contributed by atoms with van der Waals surface area (Å²) in [7, 11) is 0. The van der Waals surface area contributed by atoms with Gasteiger partial charge in [-0.15, -0.1) is 0 Å². The fourth-order valence-electron chi connectivity index (χ4n) is 3.45. The minimum atomic E-state index is -0.614. The molecule has 35 heavy (non-hydrogen) atoms. The zero-order valence-corrected chi connectivity index (χ0v) is 19.0. The second kappa shape index (κ2) is 10.9. The van der Waals surface area contributed by atoms with Crippen LogP contribution < -0.4 is 20.9 Å². The third-order valence-corrected chi connectivity index (χ3v) is 5.22. The van der Waals surface area contributed by atoms with Gasteiger partial charge in [0.05, 0.1) is 11.5 Å². The highest BCUT2D eigenvalue weighted by Gasteiger charge is 2.24. The molecule has 1 heterocycles. The van der Waals surface area contributed by atoms with E-state index in [4.69, 9.17) is 4.74 Å². The number of nitrogens with zero attached hydrogens (tertiary/aromatic N) is 3. The van der Waals surface area contributed by atoms with Crippen molar-refractivity contribution in [1.29, 1.82) is 0 Å². The van der Waals surface area contributed by atoms with E-state index in [0.29, 0.717) is 23.6 Å². The van der Waals surface area contributed by atoms with Crippen molar-refractivity contribution < 1.29 is 14.5 Å². The highest BCUT2D eigenvalue weighted by molar-refractivity contribution is 6.07. The molecule has 0 aliphatic heterocycles. The van der Waals surface area contributed by atoms with E-state index in [1.54, 1.807) is 36.4 Å². The summed E-state index contributed by atoms with van der Waals surface area (Å²) in [6.07, 6.45) is 3.17. The first-order valence-electron chi connectivity index (χ1n) is 11.1. The number of nitro groups is 1. The number of benzene rings is 3. The van der Waals surface area contributed by atoms with Crippen molar-refractivity contribution in [2.45, 2.75) is 19.8 Å². The topological polar surface area (TPSA) is 131 Å². The molecule has 0 atom stereocenters. The maximum Gasteiger partial charge on any atom is 0.355 e. The van der Waals surface area contributed by atoms with E-state index in [1.807, 2.05) is 30.3 Å². The molecule has 0 fully saturated rings. The van der Waals surface area contributed by atoms with Crippen molar-refractivity contribution in [3.63, 3.8) is 0 Å². The number of unbranched alkanes of at least 4 members (excludes halogenated alkanes) is 1. The van der Waals surface area contributed by atoms with E-state index in [1.165, 1.54) is 6.33 Å². The summed E-state index contributed by atoms with van der Waals surface area (Å²) in [4.78, 5) is 32.0. The largest absolute Gasteiger partial charge is 0.494 e. The van der Waals surface area contributed by atoms with Crippen molar-refractivity contribution in [3.8, 4) is 5.75 Å². The third-order valence-electron chi connectivity index (χ3n) is 5.22. The van der Waals surface area contributed by atoms with Crippen LogP contribution in [0.15, 0.2) is 73.1 Å². The summed E-state index contributed by atoms with van der Waals surface area (Å²) in [6.45, 7) is 2.71. The Kier molecular flexibility index (Phi) is 7.31. The Morgan fingerprint density at radius 3 is 2.51 bits per heavy atom. The standard InChI is InChI=1S/C25H24N6O4/c1-2-3-15-35-19-13-11-18(12-14-19)28-23-22(31(33)34)24(27-16-26-23)29-30-25(32)21-10-6-8-17-7-4-5-9-20(17)21/h4-14,16H,2-3,15H2,1H3,(H,30,32)(H2,26,27,28,29). The molecule has 0 unspecified atom stereocenters. The number of hydrazine groups is 1. The Bertz CT molecular complexity index is 1340. The Morgan fingerprint density at radius 1 is 1.00 bits per heavy atom. The van der Waals surface area contributed by atoms with Crippen molar-refractivity contribution >= 4 is 39.7 Å². The summed E-state index contributed by atoms with van der Waals surface area (Å²) >= 11 is 0. The van der Waals surface area contributed by atoms with Crippen LogP contribution in [0.25, 0.3) is 10.8 Å². The normalized spacial score (nSPS) is 10.5. The highest BCUT2D eigenvalue weighted by Crippen LogP contribution is 2.31. The average Bonchev–Trinajstić information content (AvgIpc) is 2.88. The van der Waals surface area contributed by atoms with Gasteiger partial charge in [-0.25, -0.2) is 9.97 Å². The van der Waals surface area contributed by atoms with E-state index in [9.17, 15) is 14.9 Å². The van der Waals surface area contributed by atoms with Crippen molar-refractivity contribution in [2.75, 3.05) is 17.3 Å². The summed E-state index contributed by atoms with van der Waals surface area (Å²) < 4.78 is 5.64. The Balaban J connectivity index is 1.50. The van der Waals surface area contributed by atoms with Crippen molar-refractivity contribution in [3.05, 3.63) is 88.7 Å². The van der Waals surface area contributed by atoms with Crippen LogP contribution in [0.1, 0.15) is 30.1 Å². The lowest BCUT2D eigenvalue weighted by Crippen LogP contribution is -2.30. The fraction of sp³-hybridized carbons (Fsp3) is 0.160. The van der Waals surface area contributed by atoms with Crippen molar-refractivity contribution in [2.24, 2.45) is 0 Å². The average molecular weight is 473 g/mol. The number of nitrogens with one attached hydrogen (secondary N) is 3. The first-order valence-corrected chi connectivity index (χ1v) is 11.1. The van der Waals surface area contributed by atoms with Gasteiger partial charge in [-0.3, -0.25) is 25.8 Å². The lowest BCUT2D eigenvalue weighted by molar-refractivity contribution is -0.383. The molecule has 10 heteroatoms. The summed E-state index contributed by atoms with van der Waals surface area (Å²) in [6, 6.07) is 19.8. The number of carbonyl (C=O) groups excluding carboxylic acids is 1. The number of rotatable bonds is 10. The van der Waals surface area contributed by atoms with Gasteiger partial charge in [0.1, 0.15) is 12.1 Å². The Morgan fingerprint density at radius 2 is 1.74 bits per heavy atom. The van der Waals surface area contributed by atoms with Crippen LogP contribution in [0.3, 0.4) is 0 Å². The Labute approximate surface area is 201 Å².